The molecular formula is C24H25Cl2N5O2S. The predicted octanol–water partition coefficient (Wildman–Crippen LogP) is 5.81. The molecule has 0 radical (unpaired) electrons. The minimum absolute atomic E-state index is 0.0291. The van der Waals surface area contributed by atoms with Gasteiger partial charge in [0, 0.05) is 12.2 Å². The van der Waals surface area contributed by atoms with Gasteiger partial charge in [0.05, 0.1) is 27.9 Å². The second-order valence-electron chi connectivity index (χ2n) is 7.74. The highest BCUT2D eigenvalue weighted by Crippen LogP contribution is 2.29. The van der Waals surface area contributed by atoms with Crippen molar-refractivity contribution >= 4 is 58.2 Å². The number of allylic oxidation sites excluding steroid dienone is 1. The van der Waals surface area contributed by atoms with Crippen LogP contribution >= 0.6 is 35.0 Å². The van der Waals surface area contributed by atoms with Crippen molar-refractivity contribution < 1.29 is 9.59 Å². The van der Waals surface area contributed by atoms with E-state index in [1.165, 1.54) is 17.3 Å². The smallest absolute Gasteiger partial charge is 0.234 e. The number of anilines is 2. The Bertz CT molecular complexity index is 1180. The first-order valence-electron chi connectivity index (χ1n) is 10.6. The van der Waals surface area contributed by atoms with Gasteiger partial charge in [-0.25, -0.2) is 0 Å². The van der Waals surface area contributed by atoms with Gasteiger partial charge in [0.2, 0.25) is 11.8 Å². The lowest BCUT2D eigenvalue weighted by Crippen LogP contribution is -2.18. The third-order valence-corrected chi connectivity index (χ3v) is 6.63. The fourth-order valence-electron chi connectivity index (χ4n) is 3.09. The van der Waals surface area contributed by atoms with Crippen molar-refractivity contribution in [3.05, 3.63) is 76.6 Å². The molecule has 2 amide bonds. The van der Waals surface area contributed by atoms with Crippen LogP contribution in [0.5, 0.6) is 0 Å². The van der Waals surface area contributed by atoms with Crippen molar-refractivity contribution in [3.8, 4) is 0 Å². The van der Waals surface area contributed by atoms with Crippen LogP contribution in [0.1, 0.15) is 31.2 Å². The van der Waals surface area contributed by atoms with Crippen molar-refractivity contribution in [2.24, 2.45) is 0 Å². The van der Waals surface area contributed by atoms with Crippen LogP contribution in [0.3, 0.4) is 0 Å². The molecular weight excluding hydrogens is 493 g/mol. The summed E-state index contributed by atoms with van der Waals surface area (Å²) in [5.41, 5.74) is 2.36. The highest BCUT2D eigenvalue weighted by molar-refractivity contribution is 7.99. The first-order chi connectivity index (χ1) is 16.3. The maximum atomic E-state index is 12.6. The zero-order chi connectivity index (χ0) is 24.7. The molecule has 0 saturated heterocycles. The summed E-state index contributed by atoms with van der Waals surface area (Å²) >= 11 is 13.4. The van der Waals surface area contributed by atoms with Gasteiger partial charge in [0.15, 0.2) is 5.16 Å². The molecule has 3 rings (SSSR count). The molecule has 0 bridgehead atoms. The predicted molar refractivity (Wildman–Crippen MR) is 139 cm³/mol. The lowest BCUT2D eigenvalue weighted by Gasteiger charge is -2.10. The van der Waals surface area contributed by atoms with Gasteiger partial charge in [0.1, 0.15) is 5.82 Å². The van der Waals surface area contributed by atoms with E-state index in [1.54, 1.807) is 28.8 Å². The Morgan fingerprint density at radius 1 is 1.09 bits per heavy atom. The van der Waals surface area contributed by atoms with E-state index in [-0.39, 0.29) is 29.0 Å². The number of carbonyl (C=O) groups excluding carboxylic acids is 2. The number of hydrogen-bond acceptors (Lipinski definition) is 5. The fourth-order valence-corrected chi connectivity index (χ4v) is 4.20. The maximum Gasteiger partial charge on any atom is 0.234 e. The Labute approximate surface area is 212 Å². The molecule has 0 aliphatic heterocycles. The molecule has 0 saturated carbocycles. The number of thioether (sulfide) groups is 1. The van der Waals surface area contributed by atoms with E-state index in [2.05, 4.69) is 41.3 Å². The average molecular weight is 518 g/mol. The van der Waals surface area contributed by atoms with Crippen molar-refractivity contribution in [1.29, 1.82) is 0 Å². The number of benzene rings is 2. The molecule has 0 atom stereocenters. The van der Waals surface area contributed by atoms with Gasteiger partial charge in [-0.1, -0.05) is 73.1 Å². The number of rotatable bonds is 10. The summed E-state index contributed by atoms with van der Waals surface area (Å²) in [7, 11) is 0. The van der Waals surface area contributed by atoms with Crippen LogP contribution in [0.15, 0.2) is 60.3 Å². The molecule has 2 aromatic carbocycles. The minimum atomic E-state index is -0.319. The molecule has 0 spiro atoms. The van der Waals surface area contributed by atoms with Gasteiger partial charge >= 0.3 is 0 Å². The van der Waals surface area contributed by atoms with Crippen LogP contribution in [-0.4, -0.2) is 32.3 Å². The lowest BCUT2D eigenvalue weighted by atomic mass is 10.0. The van der Waals surface area contributed by atoms with Crippen LogP contribution in [0.4, 0.5) is 11.4 Å². The molecule has 3 aromatic rings. The summed E-state index contributed by atoms with van der Waals surface area (Å²) in [6, 6.07) is 12.8. The lowest BCUT2D eigenvalue weighted by molar-refractivity contribution is -0.116. The van der Waals surface area contributed by atoms with E-state index in [9.17, 15) is 9.59 Å². The normalized spacial score (nSPS) is 10.9. The van der Waals surface area contributed by atoms with E-state index >= 15 is 0 Å². The Morgan fingerprint density at radius 2 is 1.82 bits per heavy atom. The average Bonchev–Trinajstić information content (AvgIpc) is 3.17. The van der Waals surface area contributed by atoms with Crippen LogP contribution in [0.25, 0.3) is 0 Å². The monoisotopic (exact) mass is 517 g/mol. The SMILES string of the molecule is C=CCn1c(CC(=O)Nc2cccc(Cl)c2Cl)nnc1SCC(=O)Nc1ccc(C(C)C)cc1. The summed E-state index contributed by atoms with van der Waals surface area (Å²) in [6.45, 7) is 8.39. The van der Waals surface area contributed by atoms with Crippen molar-refractivity contribution in [3.63, 3.8) is 0 Å². The number of amides is 2. The molecule has 1 aromatic heterocycles. The second-order valence-corrected chi connectivity index (χ2v) is 9.47. The van der Waals surface area contributed by atoms with Crippen LogP contribution < -0.4 is 10.6 Å². The number of aromatic nitrogens is 3. The molecule has 178 valence electrons. The number of carbonyl (C=O) groups is 2. The summed E-state index contributed by atoms with van der Waals surface area (Å²) in [5, 5.41) is 15.0. The summed E-state index contributed by atoms with van der Waals surface area (Å²) in [5.74, 6) is 0.537. The van der Waals surface area contributed by atoms with Gasteiger partial charge in [-0.15, -0.1) is 16.8 Å². The molecule has 0 fully saturated rings. The Kier molecular flexibility index (Phi) is 9.15. The Morgan fingerprint density at radius 3 is 2.50 bits per heavy atom. The van der Waals surface area contributed by atoms with Gasteiger partial charge < -0.3 is 15.2 Å². The van der Waals surface area contributed by atoms with E-state index in [0.717, 1.165) is 5.69 Å². The largest absolute Gasteiger partial charge is 0.325 e. The Hall–Kier alpha value is -2.81. The third kappa shape index (κ3) is 6.85. The summed E-state index contributed by atoms with van der Waals surface area (Å²) in [4.78, 5) is 25.0. The summed E-state index contributed by atoms with van der Waals surface area (Å²) < 4.78 is 1.75. The number of hydrogen-bond donors (Lipinski definition) is 2. The Balaban J connectivity index is 1.61. The highest BCUT2D eigenvalue weighted by Gasteiger charge is 2.17. The number of nitrogens with one attached hydrogen (secondary N) is 2. The van der Waals surface area contributed by atoms with Gasteiger partial charge in [-0.2, -0.15) is 0 Å². The van der Waals surface area contributed by atoms with Crippen LogP contribution in [-0.2, 0) is 22.6 Å². The van der Waals surface area contributed by atoms with Crippen molar-refractivity contribution in [1.82, 2.24) is 14.8 Å². The molecule has 2 N–H and O–H groups in total. The van der Waals surface area contributed by atoms with E-state index in [4.69, 9.17) is 23.2 Å². The molecule has 0 aliphatic rings. The molecule has 0 aliphatic carbocycles. The quantitative estimate of drug-likeness (QED) is 0.261. The first-order valence-corrected chi connectivity index (χ1v) is 12.3. The molecule has 7 nitrogen and oxygen atoms in total. The van der Waals surface area contributed by atoms with Gasteiger partial charge in [-0.3, -0.25) is 9.59 Å². The standard InChI is InChI=1S/C24H25Cl2N5O2S/c1-4-12-31-20(13-21(32)28-19-7-5-6-18(25)23(19)26)29-30-24(31)34-14-22(33)27-17-10-8-16(9-11-17)15(2)3/h4-11,15H,1,12-14H2,2-3H3,(H,27,33)(H,28,32). The molecule has 0 unspecified atom stereocenters. The van der Waals surface area contributed by atoms with Crippen molar-refractivity contribution in [2.45, 2.75) is 37.9 Å². The zero-order valence-corrected chi connectivity index (χ0v) is 21.2. The summed E-state index contributed by atoms with van der Waals surface area (Å²) in [6.07, 6.45) is 1.65. The highest BCUT2D eigenvalue weighted by atomic mass is 35.5. The van der Waals surface area contributed by atoms with Crippen molar-refractivity contribution in [2.75, 3.05) is 16.4 Å². The molecule has 34 heavy (non-hydrogen) atoms. The van der Waals surface area contributed by atoms with Crippen LogP contribution in [0, 0.1) is 0 Å². The van der Waals surface area contributed by atoms with Crippen LogP contribution in [0.2, 0.25) is 10.0 Å². The first kappa shape index (κ1) is 25.8. The molecule has 1 heterocycles. The van der Waals surface area contributed by atoms with E-state index in [0.29, 0.717) is 34.2 Å². The van der Waals surface area contributed by atoms with E-state index < -0.39 is 0 Å². The number of halogens is 2. The molecule has 10 heteroatoms. The zero-order valence-electron chi connectivity index (χ0n) is 18.8. The maximum absolute atomic E-state index is 12.6. The van der Waals surface area contributed by atoms with Gasteiger partial charge in [-0.05, 0) is 35.7 Å². The number of nitrogens with zero attached hydrogens (tertiary/aromatic N) is 3. The topological polar surface area (TPSA) is 88.9 Å². The third-order valence-electron chi connectivity index (χ3n) is 4.84. The van der Waals surface area contributed by atoms with E-state index in [1.807, 2.05) is 24.3 Å². The second kappa shape index (κ2) is 12.1. The fraction of sp³-hybridized carbons (Fsp3) is 0.250. The minimum Gasteiger partial charge on any atom is -0.325 e. The van der Waals surface area contributed by atoms with Gasteiger partial charge in [0.25, 0.3) is 0 Å².